The standard InChI is InChI=1S/C32H44N6O6S/c1-3-34(4-2)32(39)25-9-8-14-36(24-25)29-13-11-28(38(40)41)21-26(29)23-33-27-10-12-30(35-17-19-44-20-18-35)31(22-27)45(42,43)37-15-6-5-7-16-37/h10-13,21-23,25H,3-9,14-20,24H2,1-2H3/t25-/m1/s1. The molecular formula is C32H44N6O6S. The number of sulfonamides is 1. The molecule has 3 aliphatic heterocycles. The molecule has 12 nitrogen and oxygen atoms in total. The zero-order chi connectivity index (χ0) is 32.0. The average Bonchev–Trinajstić information content (AvgIpc) is 3.08. The molecule has 0 aliphatic carbocycles. The molecule has 244 valence electrons. The maximum Gasteiger partial charge on any atom is 0.270 e. The van der Waals surface area contributed by atoms with E-state index in [-0.39, 0.29) is 22.4 Å². The number of amides is 1. The number of nitro benzene ring substituents is 1. The molecule has 2 aromatic carbocycles. The molecule has 13 heteroatoms. The van der Waals surface area contributed by atoms with E-state index in [1.807, 2.05) is 23.6 Å². The van der Waals surface area contributed by atoms with Crippen molar-refractivity contribution < 1.29 is 22.9 Å². The lowest BCUT2D eigenvalue weighted by atomic mass is 9.95. The molecule has 0 spiro atoms. The van der Waals surface area contributed by atoms with E-state index >= 15 is 0 Å². The normalized spacial score (nSPS) is 20.0. The minimum Gasteiger partial charge on any atom is -0.378 e. The lowest BCUT2D eigenvalue weighted by Gasteiger charge is -2.36. The average molecular weight is 641 g/mol. The number of piperidine rings is 2. The van der Waals surface area contributed by atoms with Crippen LogP contribution in [0.25, 0.3) is 0 Å². The van der Waals surface area contributed by atoms with Crippen molar-refractivity contribution in [3.05, 3.63) is 52.1 Å². The van der Waals surface area contributed by atoms with Gasteiger partial charge in [-0.2, -0.15) is 4.31 Å². The first kappa shape index (κ1) is 32.8. The van der Waals surface area contributed by atoms with Gasteiger partial charge in [0.25, 0.3) is 5.69 Å². The summed E-state index contributed by atoms with van der Waals surface area (Å²) in [5.74, 6) is -0.0291. The second-order valence-electron chi connectivity index (χ2n) is 11.8. The van der Waals surface area contributed by atoms with Crippen molar-refractivity contribution in [1.29, 1.82) is 0 Å². The van der Waals surface area contributed by atoms with Gasteiger partial charge in [0.15, 0.2) is 0 Å². The molecule has 1 amide bonds. The summed E-state index contributed by atoms with van der Waals surface area (Å²) in [6, 6.07) is 9.88. The first-order valence-corrected chi connectivity index (χ1v) is 17.5. The number of carbonyl (C=O) groups excluding carboxylic acids is 1. The van der Waals surface area contributed by atoms with Gasteiger partial charge in [-0.3, -0.25) is 19.9 Å². The molecule has 3 saturated heterocycles. The third-order valence-corrected chi connectivity index (χ3v) is 10.9. The molecule has 0 bridgehead atoms. The van der Waals surface area contributed by atoms with Crippen LogP contribution in [-0.2, 0) is 19.6 Å². The largest absolute Gasteiger partial charge is 0.378 e. The van der Waals surface area contributed by atoms with Crippen molar-refractivity contribution in [2.75, 3.05) is 75.4 Å². The highest BCUT2D eigenvalue weighted by Gasteiger charge is 2.32. The zero-order valence-electron chi connectivity index (χ0n) is 26.3. The maximum atomic E-state index is 13.9. The van der Waals surface area contributed by atoms with E-state index in [4.69, 9.17) is 4.74 Å². The number of hydrogen-bond donors (Lipinski definition) is 0. The molecule has 0 N–H and O–H groups in total. The summed E-state index contributed by atoms with van der Waals surface area (Å²) in [6.07, 6.45) is 5.87. The van der Waals surface area contributed by atoms with Gasteiger partial charge in [-0.15, -0.1) is 0 Å². The van der Waals surface area contributed by atoms with Crippen LogP contribution in [0.5, 0.6) is 0 Å². The van der Waals surface area contributed by atoms with Crippen LogP contribution in [0, 0.1) is 16.0 Å². The monoisotopic (exact) mass is 640 g/mol. The van der Waals surface area contributed by atoms with E-state index in [0.29, 0.717) is 82.5 Å². The summed E-state index contributed by atoms with van der Waals surface area (Å²) >= 11 is 0. The topological polar surface area (TPSA) is 129 Å². The third kappa shape index (κ3) is 7.47. The Bertz CT molecular complexity index is 1500. The Morgan fingerprint density at radius 1 is 0.978 bits per heavy atom. The Hall–Kier alpha value is -3.55. The van der Waals surface area contributed by atoms with Gasteiger partial charge in [-0.05, 0) is 63.8 Å². The third-order valence-electron chi connectivity index (χ3n) is 8.99. The van der Waals surface area contributed by atoms with Gasteiger partial charge in [0.2, 0.25) is 15.9 Å². The number of hydrogen-bond acceptors (Lipinski definition) is 9. The molecule has 45 heavy (non-hydrogen) atoms. The molecule has 1 atom stereocenters. The molecule has 0 aromatic heterocycles. The Morgan fingerprint density at radius 3 is 2.38 bits per heavy atom. The molecule has 0 unspecified atom stereocenters. The van der Waals surface area contributed by atoms with Crippen molar-refractivity contribution in [1.82, 2.24) is 9.21 Å². The van der Waals surface area contributed by atoms with Gasteiger partial charge in [-0.1, -0.05) is 6.42 Å². The summed E-state index contributed by atoms with van der Waals surface area (Å²) in [6.45, 7) is 9.70. The first-order valence-electron chi connectivity index (χ1n) is 16.1. The number of rotatable bonds is 10. The lowest BCUT2D eigenvalue weighted by Crippen LogP contribution is -2.45. The second-order valence-corrected chi connectivity index (χ2v) is 13.7. The first-order chi connectivity index (χ1) is 21.7. The number of non-ortho nitro benzene ring substituents is 1. The van der Waals surface area contributed by atoms with Crippen LogP contribution in [0.4, 0.5) is 22.7 Å². The molecule has 0 saturated carbocycles. The van der Waals surface area contributed by atoms with Crippen LogP contribution in [0.2, 0.25) is 0 Å². The van der Waals surface area contributed by atoms with Crippen LogP contribution in [0.15, 0.2) is 46.3 Å². The van der Waals surface area contributed by atoms with E-state index in [1.165, 1.54) is 12.1 Å². The number of carbonyl (C=O) groups is 1. The van der Waals surface area contributed by atoms with E-state index in [0.717, 1.165) is 37.8 Å². The zero-order valence-corrected chi connectivity index (χ0v) is 27.1. The van der Waals surface area contributed by atoms with Gasteiger partial charge in [-0.25, -0.2) is 8.42 Å². The highest BCUT2D eigenvalue weighted by Crippen LogP contribution is 2.34. The molecule has 3 fully saturated rings. The Labute approximate surface area is 265 Å². The smallest absolute Gasteiger partial charge is 0.270 e. The predicted molar refractivity (Wildman–Crippen MR) is 175 cm³/mol. The molecule has 2 aromatic rings. The molecule has 3 heterocycles. The number of ether oxygens (including phenoxy) is 1. The van der Waals surface area contributed by atoms with Crippen LogP contribution in [-0.4, -0.2) is 100 Å². The molecule has 3 aliphatic rings. The molecule has 5 rings (SSSR count). The summed E-state index contributed by atoms with van der Waals surface area (Å²) in [7, 11) is -3.77. The minimum atomic E-state index is -3.77. The molecule has 0 radical (unpaired) electrons. The van der Waals surface area contributed by atoms with Crippen LogP contribution < -0.4 is 9.80 Å². The predicted octanol–water partition coefficient (Wildman–Crippen LogP) is 4.44. The number of anilines is 2. The van der Waals surface area contributed by atoms with Crippen molar-refractivity contribution >= 4 is 44.9 Å². The highest BCUT2D eigenvalue weighted by atomic mass is 32.2. The number of morpholine rings is 1. The summed E-state index contributed by atoms with van der Waals surface area (Å²) in [5, 5.41) is 11.7. The van der Waals surface area contributed by atoms with Gasteiger partial charge < -0.3 is 19.4 Å². The van der Waals surface area contributed by atoms with Gasteiger partial charge in [0.05, 0.1) is 35.4 Å². The lowest BCUT2D eigenvalue weighted by molar-refractivity contribution is -0.384. The highest BCUT2D eigenvalue weighted by molar-refractivity contribution is 7.89. The minimum absolute atomic E-state index is 0.0657. The van der Waals surface area contributed by atoms with Crippen molar-refractivity contribution in [2.24, 2.45) is 10.9 Å². The van der Waals surface area contributed by atoms with Crippen molar-refractivity contribution in [2.45, 2.75) is 50.8 Å². The van der Waals surface area contributed by atoms with Gasteiger partial charge in [0, 0.05) is 82.0 Å². The van der Waals surface area contributed by atoms with Crippen molar-refractivity contribution in [3.63, 3.8) is 0 Å². The Kier molecular flexibility index (Phi) is 10.7. The Balaban J connectivity index is 1.49. The number of nitrogens with zero attached hydrogens (tertiary/aromatic N) is 6. The van der Waals surface area contributed by atoms with Crippen LogP contribution >= 0.6 is 0 Å². The van der Waals surface area contributed by atoms with Gasteiger partial charge in [0.1, 0.15) is 4.90 Å². The number of nitro groups is 1. The SMILES string of the molecule is CCN(CC)C(=O)[C@@H]1CCCN(c2ccc([N+](=O)[O-])cc2C=Nc2ccc(N3CCOCC3)c(S(=O)(=O)N3CCCCC3)c2)C1. The quantitative estimate of drug-likeness (QED) is 0.212. The van der Waals surface area contributed by atoms with Crippen molar-refractivity contribution in [3.8, 4) is 0 Å². The Morgan fingerprint density at radius 2 is 1.69 bits per heavy atom. The second kappa shape index (κ2) is 14.7. The van der Waals surface area contributed by atoms with Crippen LogP contribution in [0.1, 0.15) is 51.5 Å². The number of aliphatic imine (C=N–C) groups is 1. The van der Waals surface area contributed by atoms with E-state index < -0.39 is 14.9 Å². The van der Waals surface area contributed by atoms with E-state index in [1.54, 1.807) is 34.8 Å². The van der Waals surface area contributed by atoms with E-state index in [9.17, 15) is 23.3 Å². The fourth-order valence-electron chi connectivity index (χ4n) is 6.48. The molecular weight excluding hydrogens is 596 g/mol. The maximum absolute atomic E-state index is 13.9. The van der Waals surface area contributed by atoms with Crippen LogP contribution in [0.3, 0.4) is 0 Å². The fourth-order valence-corrected chi connectivity index (χ4v) is 8.23. The fraction of sp³-hybridized carbons (Fsp3) is 0.562. The summed E-state index contributed by atoms with van der Waals surface area (Å²) in [4.78, 5) is 35.3. The number of benzene rings is 2. The van der Waals surface area contributed by atoms with Gasteiger partial charge >= 0.3 is 0 Å². The summed E-state index contributed by atoms with van der Waals surface area (Å²) < 4.78 is 34.9. The van der Waals surface area contributed by atoms with E-state index in [2.05, 4.69) is 9.89 Å². The summed E-state index contributed by atoms with van der Waals surface area (Å²) in [5.41, 5.74) is 2.30.